The summed E-state index contributed by atoms with van der Waals surface area (Å²) < 4.78 is 0. The summed E-state index contributed by atoms with van der Waals surface area (Å²) in [6.45, 7) is 0.693. The number of carbonyl (C=O) groups is 3. The monoisotopic (exact) mass is 353 g/mol. The summed E-state index contributed by atoms with van der Waals surface area (Å²) in [6, 6.07) is 6.19. The minimum Gasteiger partial charge on any atom is -0.356 e. The molecule has 1 heterocycles. The highest BCUT2D eigenvalue weighted by atomic mass is 16.2. The molecule has 3 amide bonds. The highest BCUT2D eigenvalue weighted by Gasteiger charge is 2.35. The first-order chi connectivity index (χ1) is 12.6. The molecule has 1 saturated carbocycles. The summed E-state index contributed by atoms with van der Waals surface area (Å²) in [5.41, 5.74) is 0.948. The summed E-state index contributed by atoms with van der Waals surface area (Å²) >= 11 is 0. The molecule has 4 atom stereocenters. The van der Waals surface area contributed by atoms with Gasteiger partial charge in [-0.25, -0.2) is 0 Å². The van der Waals surface area contributed by atoms with Crippen LogP contribution in [0.25, 0.3) is 0 Å². The van der Waals surface area contributed by atoms with E-state index in [9.17, 15) is 14.4 Å². The molecule has 1 fully saturated rings. The maximum atomic E-state index is 12.3. The SMILES string of the molecule is O=C(CC[C@H]1NC(=O)c2ccccc2NC1=O)NC[C@H]1C[C@@H]2C=C[C@@H]1C2. The van der Waals surface area contributed by atoms with Gasteiger partial charge in [-0.2, -0.15) is 0 Å². The lowest BCUT2D eigenvalue weighted by Gasteiger charge is -2.19. The summed E-state index contributed by atoms with van der Waals surface area (Å²) in [5, 5.41) is 8.47. The second-order valence-electron chi connectivity index (χ2n) is 7.44. The van der Waals surface area contributed by atoms with E-state index in [0.717, 1.165) is 6.42 Å². The molecule has 0 aromatic heterocycles. The zero-order valence-electron chi connectivity index (χ0n) is 14.5. The Kier molecular flexibility index (Phi) is 4.49. The number of carbonyl (C=O) groups excluding carboxylic acids is 3. The molecular weight excluding hydrogens is 330 g/mol. The third-order valence-electron chi connectivity index (χ3n) is 5.69. The van der Waals surface area contributed by atoms with Gasteiger partial charge in [0.1, 0.15) is 6.04 Å². The molecule has 2 bridgehead atoms. The van der Waals surface area contributed by atoms with E-state index in [4.69, 9.17) is 0 Å². The molecule has 4 rings (SSSR count). The van der Waals surface area contributed by atoms with Crippen molar-refractivity contribution in [2.75, 3.05) is 11.9 Å². The average molecular weight is 353 g/mol. The first-order valence-corrected chi connectivity index (χ1v) is 9.26. The molecular formula is C20H23N3O3. The van der Waals surface area contributed by atoms with Gasteiger partial charge in [-0.1, -0.05) is 24.3 Å². The Hall–Kier alpha value is -2.63. The molecule has 0 unspecified atom stereocenters. The topological polar surface area (TPSA) is 87.3 Å². The average Bonchev–Trinajstić information content (AvgIpc) is 3.23. The molecule has 26 heavy (non-hydrogen) atoms. The van der Waals surface area contributed by atoms with Gasteiger partial charge >= 0.3 is 0 Å². The second-order valence-corrected chi connectivity index (χ2v) is 7.44. The molecule has 6 nitrogen and oxygen atoms in total. The molecule has 3 N–H and O–H groups in total. The Labute approximate surface area is 152 Å². The zero-order chi connectivity index (χ0) is 18.1. The summed E-state index contributed by atoms with van der Waals surface area (Å²) in [5.74, 6) is 1.18. The van der Waals surface area contributed by atoms with Crippen LogP contribution in [0.1, 0.15) is 36.0 Å². The molecule has 1 aliphatic heterocycles. The van der Waals surface area contributed by atoms with Gasteiger partial charge < -0.3 is 16.0 Å². The molecule has 0 spiro atoms. The molecule has 0 radical (unpaired) electrons. The van der Waals surface area contributed by atoms with Crippen LogP contribution in [0.5, 0.6) is 0 Å². The smallest absolute Gasteiger partial charge is 0.254 e. The van der Waals surface area contributed by atoms with Gasteiger partial charge in [-0.3, -0.25) is 14.4 Å². The Balaban J connectivity index is 1.27. The van der Waals surface area contributed by atoms with E-state index >= 15 is 0 Å². The van der Waals surface area contributed by atoms with Crippen LogP contribution >= 0.6 is 0 Å². The molecule has 0 saturated heterocycles. The maximum Gasteiger partial charge on any atom is 0.254 e. The van der Waals surface area contributed by atoms with Crippen molar-refractivity contribution in [2.24, 2.45) is 17.8 Å². The van der Waals surface area contributed by atoms with E-state index in [1.807, 2.05) is 0 Å². The Morgan fingerprint density at radius 3 is 2.77 bits per heavy atom. The fourth-order valence-corrected chi connectivity index (χ4v) is 4.25. The van der Waals surface area contributed by atoms with Crippen LogP contribution in [0.2, 0.25) is 0 Å². The minimum absolute atomic E-state index is 0.0689. The quantitative estimate of drug-likeness (QED) is 0.706. The van der Waals surface area contributed by atoms with Crippen LogP contribution in [0.3, 0.4) is 0 Å². The van der Waals surface area contributed by atoms with Crippen molar-refractivity contribution in [2.45, 2.75) is 31.7 Å². The molecule has 6 heteroatoms. The number of hydrogen-bond donors (Lipinski definition) is 3. The Bertz CT molecular complexity index is 773. The van der Waals surface area contributed by atoms with E-state index in [0.29, 0.717) is 35.5 Å². The zero-order valence-corrected chi connectivity index (χ0v) is 14.5. The van der Waals surface area contributed by atoms with Crippen molar-refractivity contribution in [3.63, 3.8) is 0 Å². The number of benzene rings is 1. The lowest BCUT2D eigenvalue weighted by atomic mass is 9.93. The van der Waals surface area contributed by atoms with E-state index in [2.05, 4.69) is 28.1 Å². The van der Waals surface area contributed by atoms with Gasteiger partial charge in [0.05, 0.1) is 11.3 Å². The van der Waals surface area contributed by atoms with Gasteiger partial charge in [0.15, 0.2) is 0 Å². The molecule has 1 aromatic carbocycles. The van der Waals surface area contributed by atoms with E-state index in [-0.39, 0.29) is 30.6 Å². The second kappa shape index (κ2) is 6.94. The highest BCUT2D eigenvalue weighted by Crippen LogP contribution is 2.42. The van der Waals surface area contributed by atoms with Crippen molar-refractivity contribution in [3.05, 3.63) is 42.0 Å². The van der Waals surface area contributed by atoms with Crippen molar-refractivity contribution in [1.29, 1.82) is 0 Å². The van der Waals surface area contributed by atoms with Gasteiger partial charge in [0.25, 0.3) is 5.91 Å². The number of anilines is 1. The maximum absolute atomic E-state index is 12.3. The third-order valence-corrected chi connectivity index (χ3v) is 5.69. The number of amides is 3. The van der Waals surface area contributed by atoms with Gasteiger partial charge in [-0.05, 0) is 49.1 Å². The molecule has 3 aliphatic rings. The van der Waals surface area contributed by atoms with Gasteiger partial charge in [0.2, 0.25) is 11.8 Å². The number of allylic oxidation sites excluding steroid dienone is 2. The number of hydrogen-bond acceptors (Lipinski definition) is 3. The number of nitrogens with one attached hydrogen (secondary N) is 3. The number of rotatable bonds is 5. The van der Waals surface area contributed by atoms with Crippen LogP contribution in [-0.4, -0.2) is 30.3 Å². The van der Waals surface area contributed by atoms with Gasteiger partial charge in [0, 0.05) is 13.0 Å². The van der Waals surface area contributed by atoms with E-state index in [1.165, 1.54) is 6.42 Å². The van der Waals surface area contributed by atoms with Crippen molar-refractivity contribution < 1.29 is 14.4 Å². The first-order valence-electron chi connectivity index (χ1n) is 9.26. The number of para-hydroxylation sites is 1. The van der Waals surface area contributed by atoms with E-state index < -0.39 is 6.04 Å². The standard InChI is InChI=1S/C20H23N3O3/c24-18(21-11-14-10-12-5-6-13(14)9-12)8-7-17-20(26)22-16-4-2-1-3-15(16)19(25)23-17/h1-6,12-14,17H,7-11H2,(H,21,24)(H,22,26)(H,23,25)/t12-,13-,14-,17-/m1/s1. The van der Waals surface area contributed by atoms with Crippen molar-refractivity contribution >= 4 is 23.4 Å². The molecule has 2 aliphatic carbocycles. The lowest BCUT2D eigenvalue weighted by molar-refractivity contribution is -0.122. The summed E-state index contributed by atoms with van der Waals surface area (Å²) in [7, 11) is 0. The largest absolute Gasteiger partial charge is 0.356 e. The highest BCUT2D eigenvalue weighted by molar-refractivity contribution is 6.09. The van der Waals surface area contributed by atoms with E-state index in [1.54, 1.807) is 24.3 Å². The van der Waals surface area contributed by atoms with Crippen LogP contribution in [0.15, 0.2) is 36.4 Å². The summed E-state index contributed by atoms with van der Waals surface area (Å²) in [4.78, 5) is 36.8. The lowest BCUT2D eigenvalue weighted by Crippen LogP contribution is -2.42. The Morgan fingerprint density at radius 2 is 2.00 bits per heavy atom. The normalized spacial score (nSPS) is 28.9. The molecule has 1 aromatic rings. The molecule has 136 valence electrons. The number of fused-ring (bicyclic) bond motifs is 3. The minimum atomic E-state index is -0.703. The van der Waals surface area contributed by atoms with Crippen LogP contribution in [0, 0.1) is 17.8 Å². The third kappa shape index (κ3) is 3.36. The summed E-state index contributed by atoms with van der Waals surface area (Å²) in [6.07, 6.45) is 7.43. The van der Waals surface area contributed by atoms with Crippen molar-refractivity contribution in [3.8, 4) is 0 Å². The van der Waals surface area contributed by atoms with Crippen molar-refractivity contribution in [1.82, 2.24) is 10.6 Å². The Morgan fingerprint density at radius 1 is 1.15 bits per heavy atom. The fourth-order valence-electron chi connectivity index (χ4n) is 4.25. The van der Waals surface area contributed by atoms with Crippen LogP contribution in [0.4, 0.5) is 5.69 Å². The predicted octanol–water partition coefficient (Wildman–Crippen LogP) is 1.85. The van der Waals surface area contributed by atoms with Gasteiger partial charge in [-0.15, -0.1) is 0 Å². The first kappa shape index (κ1) is 16.8. The van der Waals surface area contributed by atoms with Crippen LogP contribution < -0.4 is 16.0 Å². The van der Waals surface area contributed by atoms with Crippen LogP contribution in [-0.2, 0) is 9.59 Å². The fraction of sp³-hybridized carbons (Fsp3) is 0.450. The predicted molar refractivity (Wildman–Crippen MR) is 97.4 cm³/mol.